The number of rotatable bonds is 10. The molecule has 6 rings (SSSR count). The summed E-state index contributed by atoms with van der Waals surface area (Å²) < 4.78 is 32.9. The monoisotopic (exact) mass is 670 g/mol. The average molecular weight is 671 g/mol. The van der Waals surface area contributed by atoms with Gasteiger partial charge >= 0.3 is 12.1 Å². The molecule has 3 N–H and O–H groups in total. The lowest BCUT2D eigenvalue weighted by Gasteiger charge is -2.31. The fraction of sp³-hybridized carbons (Fsp3) is 0.306. The second kappa shape index (κ2) is 13.2. The molecule has 0 saturated carbocycles. The van der Waals surface area contributed by atoms with Gasteiger partial charge in [-0.2, -0.15) is 0 Å². The van der Waals surface area contributed by atoms with Gasteiger partial charge in [0.2, 0.25) is 5.91 Å². The molecular weight excluding hydrogens is 635 g/mol. The molecule has 4 heterocycles. The molecule has 0 radical (unpaired) electrons. The lowest BCUT2D eigenvalue weighted by molar-refractivity contribution is -0.172. The first-order chi connectivity index (χ1) is 23.5. The molecule has 254 valence electrons. The fourth-order valence-corrected chi connectivity index (χ4v) is 6.19. The van der Waals surface area contributed by atoms with Gasteiger partial charge in [0.05, 0.1) is 29.0 Å². The Bertz CT molecular complexity index is 2080. The SMILES string of the molecule is C=CCOC(=O)N[C@@H](C)C(=O)Nc1ccc(COc2cc3c(CC)c4c(nc3cc2F)-c2cc3c(c(=O)n2C4)COC(=O)[C@]3(O)CC)cc1. The van der Waals surface area contributed by atoms with Crippen LogP contribution in [0.25, 0.3) is 22.3 Å². The minimum Gasteiger partial charge on any atom is -0.486 e. The summed E-state index contributed by atoms with van der Waals surface area (Å²) in [6, 6.07) is 10.5. The minimum absolute atomic E-state index is 0.0244. The lowest BCUT2D eigenvalue weighted by Crippen LogP contribution is -2.44. The summed E-state index contributed by atoms with van der Waals surface area (Å²) in [5, 5.41) is 17.0. The fourth-order valence-electron chi connectivity index (χ4n) is 6.19. The number of aryl methyl sites for hydroxylation is 1. The number of anilines is 1. The number of carbonyl (C=O) groups is 3. The van der Waals surface area contributed by atoms with Crippen molar-refractivity contribution in [3.63, 3.8) is 0 Å². The van der Waals surface area contributed by atoms with Gasteiger partial charge in [-0.3, -0.25) is 9.59 Å². The van der Waals surface area contributed by atoms with E-state index in [0.29, 0.717) is 40.0 Å². The Labute approximate surface area is 280 Å². The smallest absolute Gasteiger partial charge is 0.408 e. The highest BCUT2D eigenvalue weighted by molar-refractivity contribution is 5.96. The average Bonchev–Trinajstić information content (AvgIpc) is 3.46. The number of aromatic nitrogens is 2. The second-order valence-corrected chi connectivity index (χ2v) is 11.9. The highest BCUT2D eigenvalue weighted by Gasteiger charge is 2.45. The van der Waals surface area contributed by atoms with Gasteiger partial charge in [0, 0.05) is 28.3 Å². The quantitative estimate of drug-likeness (QED) is 0.143. The van der Waals surface area contributed by atoms with Crippen LogP contribution in [0.3, 0.4) is 0 Å². The van der Waals surface area contributed by atoms with Gasteiger partial charge < -0.3 is 34.5 Å². The van der Waals surface area contributed by atoms with Gasteiger partial charge in [0.1, 0.15) is 25.9 Å². The number of cyclic esters (lactones) is 1. The molecule has 13 heteroatoms. The van der Waals surface area contributed by atoms with Crippen molar-refractivity contribution >= 4 is 34.6 Å². The molecule has 12 nitrogen and oxygen atoms in total. The highest BCUT2D eigenvalue weighted by Crippen LogP contribution is 2.41. The third-order valence-corrected chi connectivity index (χ3v) is 8.89. The van der Waals surface area contributed by atoms with Crippen LogP contribution in [0.15, 0.2) is 59.9 Å². The van der Waals surface area contributed by atoms with Crippen LogP contribution in [-0.2, 0) is 50.8 Å². The largest absolute Gasteiger partial charge is 0.486 e. The number of amides is 2. The van der Waals surface area contributed by atoms with E-state index in [1.807, 2.05) is 6.92 Å². The van der Waals surface area contributed by atoms with Crippen molar-refractivity contribution in [2.45, 2.75) is 65.0 Å². The van der Waals surface area contributed by atoms with E-state index in [4.69, 9.17) is 19.2 Å². The Hall–Kier alpha value is -5.56. The first kappa shape index (κ1) is 33.3. The molecule has 2 aliphatic heterocycles. The molecule has 4 aromatic rings. The molecule has 2 aliphatic rings. The molecule has 2 aromatic carbocycles. The lowest BCUT2D eigenvalue weighted by atomic mass is 9.86. The maximum atomic E-state index is 15.4. The number of pyridine rings is 2. The maximum Gasteiger partial charge on any atom is 0.408 e. The Morgan fingerprint density at radius 2 is 1.94 bits per heavy atom. The number of alkyl carbamates (subject to hydrolysis) is 1. The van der Waals surface area contributed by atoms with Crippen LogP contribution < -0.4 is 20.9 Å². The number of carbonyl (C=O) groups excluding carboxylic acids is 3. The number of nitrogens with one attached hydrogen (secondary N) is 2. The first-order valence-electron chi connectivity index (χ1n) is 15.9. The van der Waals surface area contributed by atoms with E-state index < -0.39 is 35.4 Å². The Kier molecular flexibility index (Phi) is 8.95. The van der Waals surface area contributed by atoms with Crippen LogP contribution in [-0.4, -0.2) is 45.3 Å². The van der Waals surface area contributed by atoms with Gasteiger partial charge in [-0.05, 0) is 55.2 Å². The highest BCUT2D eigenvalue weighted by atomic mass is 19.1. The van der Waals surface area contributed by atoms with Crippen molar-refractivity contribution in [2.24, 2.45) is 0 Å². The Morgan fingerprint density at radius 1 is 1.18 bits per heavy atom. The van der Waals surface area contributed by atoms with Gasteiger partial charge in [0.25, 0.3) is 5.56 Å². The molecule has 0 bridgehead atoms. The van der Waals surface area contributed by atoms with Crippen LogP contribution in [0, 0.1) is 5.82 Å². The van der Waals surface area contributed by atoms with Crippen molar-refractivity contribution in [3.8, 4) is 17.1 Å². The van der Waals surface area contributed by atoms with Crippen molar-refractivity contribution in [2.75, 3.05) is 11.9 Å². The minimum atomic E-state index is -1.94. The summed E-state index contributed by atoms with van der Waals surface area (Å²) in [5.41, 5.74) is 2.35. The van der Waals surface area contributed by atoms with E-state index in [9.17, 15) is 24.3 Å². The number of ether oxygens (including phenoxy) is 3. The summed E-state index contributed by atoms with van der Waals surface area (Å²) in [5.74, 6) is -1.84. The molecular formula is C36H35FN4O8. The van der Waals surface area contributed by atoms with E-state index in [2.05, 4.69) is 17.2 Å². The summed E-state index contributed by atoms with van der Waals surface area (Å²) in [6.45, 7) is 8.65. The van der Waals surface area contributed by atoms with Crippen LogP contribution in [0.4, 0.5) is 14.9 Å². The molecule has 2 atom stereocenters. The number of hydrogen-bond donors (Lipinski definition) is 3. The Morgan fingerprint density at radius 3 is 2.63 bits per heavy atom. The Balaban J connectivity index is 1.22. The standard InChI is InChI=1S/C36H35FN4O8/c1-5-12-47-35(45)38-19(4)32(42)39-21-10-8-20(9-11-21)17-48-30-13-23-22(6-2)24-16-41-29(31(24)40-28(23)15-27(30)37)14-26-25(33(41)43)18-49-34(44)36(26,46)7-3/h5,8-11,13-15,19,46H,1,6-7,12,16-18H2,2-4H3,(H,38,45)(H,39,42)/t19-,36-/m0/s1. The van der Waals surface area contributed by atoms with E-state index in [-0.39, 0.29) is 55.2 Å². The van der Waals surface area contributed by atoms with Crippen LogP contribution >= 0.6 is 0 Å². The van der Waals surface area contributed by atoms with Crippen molar-refractivity contribution in [1.82, 2.24) is 14.9 Å². The zero-order chi connectivity index (χ0) is 35.0. The molecule has 0 saturated heterocycles. The topological polar surface area (TPSA) is 158 Å². The molecule has 2 amide bonds. The summed E-state index contributed by atoms with van der Waals surface area (Å²) in [7, 11) is 0. The zero-order valence-electron chi connectivity index (χ0n) is 27.2. The number of hydrogen-bond acceptors (Lipinski definition) is 9. The second-order valence-electron chi connectivity index (χ2n) is 11.9. The van der Waals surface area contributed by atoms with E-state index in [1.165, 1.54) is 19.1 Å². The first-order valence-corrected chi connectivity index (χ1v) is 15.9. The molecule has 0 spiro atoms. The number of fused-ring (bicyclic) bond motifs is 5. The summed E-state index contributed by atoms with van der Waals surface area (Å²) >= 11 is 0. The number of benzene rings is 2. The molecule has 0 fully saturated rings. The van der Waals surface area contributed by atoms with Crippen molar-refractivity contribution in [3.05, 3.63) is 99.1 Å². The molecule has 49 heavy (non-hydrogen) atoms. The summed E-state index contributed by atoms with van der Waals surface area (Å²) in [6.07, 6.45) is 1.27. The van der Waals surface area contributed by atoms with E-state index >= 15 is 4.39 Å². The third kappa shape index (κ3) is 6.01. The van der Waals surface area contributed by atoms with E-state index in [0.717, 1.165) is 11.1 Å². The number of aliphatic hydroxyl groups is 1. The van der Waals surface area contributed by atoms with Crippen LogP contribution in [0.1, 0.15) is 55.0 Å². The van der Waals surface area contributed by atoms with Gasteiger partial charge in [-0.15, -0.1) is 0 Å². The third-order valence-electron chi connectivity index (χ3n) is 8.89. The van der Waals surface area contributed by atoms with Gasteiger partial charge in [-0.1, -0.05) is 38.6 Å². The predicted octanol–water partition coefficient (Wildman–Crippen LogP) is 4.60. The van der Waals surface area contributed by atoms with E-state index in [1.54, 1.807) is 47.9 Å². The summed E-state index contributed by atoms with van der Waals surface area (Å²) in [4.78, 5) is 55.0. The van der Waals surface area contributed by atoms with Crippen LogP contribution in [0.5, 0.6) is 5.75 Å². The van der Waals surface area contributed by atoms with Crippen molar-refractivity contribution in [1.29, 1.82) is 0 Å². The maximum absolute atomic E-state index is 15.4. The molecule has 2 aromatic heterocycles. The normalized spacial score (nSPS) is 16.6. The molecule has 0 aliphatic carbocycles. The number of esters is 1. The number of halogens is 1. The van der Waals surface area contributed by atoms with Crippen LogP contribution in [0.2, 0.25) is 0 Å². The zero-order valence-corrected chi connectivity index (χ0v) is 27.2. The van der Waals surface area contributed by atoms with Crippen molar-refractivity contribution < 1.29 is 38.1 Å². The van der Waals surface area contributed by atoms with Gasteiger partial charge in [0.15, 0.2) is 17.2 Å². The number of nitrogens with zero attached hydrogens (tertiary/aromatic N) is 2. The molecule has 0 unspecified atom stereocenters. The van der Waals surface area contributed by atoms with Gasteiger partial charge in [-0.25, -0.2) is 19.0 Å². The predicted molar refractivity (Wildman–Crippen MR) is 177 cm³/mol.